The maximum Gasteiger partial charge on any atom is 0.294 e. The SMILES string of the molecule is O=C(NNc1ccccc1[N+](=O)[O-])c1ccc([N+](=O)[O-])cc1. The summed E-state index contributed by atoms with van der Waals surface area (Å²) in [7, 11) is 0. The second kappa shape index (κ2) is 6.31. The molecule has 2 aromatic carbocycles. The van der Waals surface area contributed by atoms with Crippen molar-refractivity contribution in [3.8, 4) is 0 Å². The highest BCUT2D eigenvalue weighted by molar-refractivity contribution is 5.95. The van der Waals surface area contributed by atoms with Gasteiger partial charge in [0.2, 0.25) is 0 Å². The lowest BCUT2D eigenvalue weighted by atomic mass is 10.2. The summed E-state index contributed by atoms with van der Waals surface area (Å²) in [6.45, 7) is 0. The highest BCUT2D eigenvalue weighted by Crippen LogP contribution is 2.22. The van der Waals surface area contributed by atoms with Gasteiger partial charge in [-0.05, 0) is 18.2 Å². The third-order valence-corrected chi connectivity index (χ3v) is 2.75. The van der Waals surface area contributed by atoms with Crippen molar-refractivity contribution in [3.63, 3.8) is 0 Å². The van der Waals surface area contributed by atoms with Gasteiger partial charge in [-0.1, -0.05) is 12.1 Å². The molecule has 0 saturated carbocycles. The van der Waals surface area contributed by atoms with Crippen LogP contribution in [0.5, 0.6) is 0 Å². The molecule has 0 spiro atoms. The standard InChI is InChI=1S/C13H10N4O5/c18-13(9-5-7-10(8-6-9)16(19)20)15-14-11-3-1-2-4-12(11)17(21)22/h1-8,14H,(H,15,18). The van der Waals surface area contributed by atoms with Gasteiger partial charge in [0.15, 0.2) is 0 Å². The van der Waals surface area contributed by atoms with E-state index < -0.39 is 15.8 Å². The van der Waals surface area contributed by atoms with Gasteiger partial charge in [-0.3, -0.25) is 35.9 Å². The fourth-order valence-corrected chi connectivity index (χ4v) is 1.67. The maximum atomic E-state index is 11.9. The summed E-state index contributed by atoms with van der Waals surface area (Å²) < 4.78 is 0. The molecule has 0 aliphatic heterocycles. The van der Waals surface area contributed by atoms with Crippen LogP contribution in [0.3, 0.4) is 0 Å². The number of amides is 1. The van der Waals surface area contributed by atoms with E-state index in [1.807, 2.05) is 0 Å². The highest BCUT2D eigenvalue weighted by atomic mass is 16.6. The lowest BCUT2D eigenvalue weighted by Gasteiger charge is -2.08. The lowest BCUT2D eigenvalue weighted by molar-refractivity contribution is -0.384. The number of carbonyl (C=O) groups is 1. The first-order valence-electron chi connectivity index (χ1n) is 6.03. The molecule has 0 aliphatic rings. The highest BCUT2D eigenvalue weighted by Gasteiger charge is 2.14. The molecule has 1 amide bonds. The van der Waals surface area contributed by atoms with Crippen molar-refractivity contribution in [2.24, 2.45) is 0 Å². The average Bonchev–Trinajstić information content (AvgIpc) is 2.52. The first-order chi connectivity index (χ1) is 10.5. The minimum absolute atomic E-state index is 0.128. The van der Waals surface area contributed by atoms with E-state index in [0.717, 1.165) is 0 Å². The van der Waals surface area contributed by atoms with Crippen LogP contribution in [0.15, 0.2) is 48.5 Å². The molecule has 0 unspecified atom stereocenters. The van der Waals surface area contributed by atoms with Gasteiger partial charge in [0.1, 0.15) is 5.69 Å². The number of anilines is 1. The van der Waals surface area contributed by atoms with Crippen molar-refractivity contribution >= 4 is 23.0 Å². The molecule has 0 aromatic heterocycles. The third kappa shape index (κ3) is 3.33. The number of non-ortho nitro benzene ring substituents is 1. The largest absolute Gasteiger partial charge is 0.294 e. The van der Waals surface area contributed by atoms with Crippen LogP contribution in [0.1, 0.15) is 10.4 Å². The van der Waals surface area contributed by atoms with Gasteiger partial charge in [-0.25, -0.2) is 0 Å². The van der Waals surface area contributed by atoms with E-state index in [1.165, 1.54) is 42.5 Å². The summed E-state index contributed by atoms with van der Waals surface area (Å²) in [6.07, 6.45) is 0. The number of nitro benzene ring substituents is 2. The van der Waals surface area contributed by atoms with E-state index in [2.05, 4.69) is 10.9 Å². The van der Waals surface area contributed by atoms with Crippen molar-refractivity contribution in [2.75, 3.05) is 5.43 Å². The fraction of sp³-hybridized carbons (Fsp3) is 0. The van der Waals surface area contributed by atoms with Crippen LogP contribution in [-0.2, 0) is 0 Å². The van der Waals surface area contributed by atoms with Crippen molar-refractivity contribution in [2.45, 2.75) is 0 Å². The molecule has 2 aromatic rings. The summed E-state index contributed by atoms with van der Waals surface area (Å²) in [6, 6.07) is 10.8. The number of nitrogens with zero attached hydrogens (tertiary/aromatic N) is 2. The topological polar surface area (TPSA) is 127 Å². The Hall–Kier alpha value is -3.49. The quantitative estimate of drug-likeness (QED) is 0.644. The van der Waals surface area contributed by atoms with E-state index in [1.54, 1.807) is 6.07 Å². The molecule has 0 saturated heterocycles. The Morgan fingerprint density at radius 1 is 0.909 bits per heavy atom. The van der Waals surface area contributed by atoms with E-state index in [0.29, 0.717) is 0 Å². The molecule has 0 atom stereocenters. The zero-order valence-corrected chi connectivity index (χ0v) is 11.1. The normalized spacial score (nSPS) is 9.82. The Morgan fingerprint density at radius 3 is 2.14 bits per heavy atom. The Bertz CT molecular complexity index is 729. The third-order valence-electron chi connectivity index (χ3n) is 2.75. The number of nitrogens with one attached hydrogen (secondary N) is 2. The number of hydrogen-bond donors (Lipinski definition) is 2. The predicted molar refractivity (Wildman–Crippen MR) is 77.3 cm³/mol. The summed E-state index contributed by atoms with van der Waals surface area (Å²) in [5.74, 6) is -0.576. The van der Waals surface area contributed by atoms with Crippen molar-refractivity contribution in [3.05, 3.63) is 74.3 Å². The Balaban J connectivity index is 2.07. The monoisotopic (exact) mass is 302 g/mol. The molecule has 0 radical (unpaired) electrons. The smallest absolute Gasteiger partial charge is 0.292 e. The maximum absolute atomic E-state index is 11.9. The van der Waals surface area contributed by atoms with Crippen LogP contribution < -0.4 is 10.9 Å². The van der Waals surface area contributed by atoms with E-state index in [9.17, 15) is 25.0 Å². The number of carbonyl (C=O) groups excluding carboxylic acids is 1. The van der Waals surface area contributed by atoms with Gasteiger partial charge in [0, 0.05) is 23.8 Å². The number of para-hydroxylation sites is 2. The van der Waals surface area contributed by atoms with Crippen LogP contribution in [0.4, 0.5) is 17.1 Å². The predicted octanol–water partition coefficient (Wildman–Crippen LogP) is 2.26. The fourth-order valence-electron chi connectivity index (χ4n) is 1.67. The molecule has 112 valence electrons. The van der Waals surface area contributed by atoms with Crippen molar-refractivity contribution < 1.29 is 14.6 Å². The van der Waals surface area contributed by atoms with Crippen molar-refractivity contribution in [1.29, 1.82) is 0 Å². The van der Waals surface area contributed by atoms with Gasteiger partial charge in [-0.15, -0.1) is 0 Å². The second-order valence-electron chi connectivity index (χ2n) is 4.16. The summed E-state index contributed by atoms with van der Waals surface area (Å²) >= 11 is 0. The molecule has 0 fully saturated rings. The first kappa shape index (κ1) is 14.9. The molecule has 2 N–H and O–H groups in total. The zero-order chi connectivity index (χ0) is 16.1. The Morgan fingerprint density at radius 2 is 1.55 bits per heavy atom. The molecule has 2 rings (SSSR count). The molecular weight excluding hydrogens is 292 g/mol. The number of nitro groups is 2. The van der Waals surface area contributed by atoms with Crippen LogP contribution in [0, 0.1) is 20.2 Å². The lowest BCUT2D eigenvalue weighted by Crippen LogP contribution is -2.29. The molecular formula is C13H10N4O5. The van der Waals surface area contributed by atoms with Crippen molar-refractivity contribution in [1.82, 2.24) is 5.43 Å². The first-order valence-corrected chi connectivity index (χ1v) is 6.03. The van der Waals surface area contributed by atoms with Crippen LogP contribution in [0.25, 0.3) is 0 Å². The Labute approximate surface area is 123 Å². The van der Waals surface area contributed by atoms with Gasteiger partial charge in [-0.2, -0.15) is 0 Å². The minimum atomic E-state index is -0.583. The van der Waals surface area contributed by atoms with Gasteiger partial charge >= 0.3 is 0 Å². The summed E-state index contributed by atoms with van der Waals surface area (Å²) in [5.41, 5.74) is 4.73. The molecule has 0 bridgehead atoms. The van der Waals surface area contributed by atoms with Crippen LogP contribution >= 0.6 is 0 Å². The Kier molecular flexibility index (Phi) is 4.27. The van der Waals surface area contributed by atoms with Crippen LogP contribution in [0.2, 0.25) is 0 Å². The number of benzene rings is 2. The number of hydrogen-bond acceptors (Lipinski definition) is 6. The van der Waals surface area contributed by atoms with E-state index in [4.69, 9.17) is 0 Å². The molecule has 9 heteroatoms. The minimum Gasteiger partial charge on any atom is -0.292 e. The van der Waals surface area contributed by atoms with E-state index >= 15 is 0 Å². The second-order valence-corrected chi connectivity index (χ2v) is 4.16. The number of hydrazine groups is 1. The summed E-state index contributed by atoms with van der Waals surface area (Å²) in [4.78, 5) is 32.1. The van der Waals surface area contributed by atoms with Gasteiger partial charge in [0.05, 0.1) is 9.85 Å². The number of rotatable bonds is 5. The average molecular weight is 302 g/mol. The summed E-state index contributed by atoms with van der Waals surface area (Å²) in [5, 5.41) is 21.3. The molecule has 0 heterocycles. The molecule has 9 nitrogen and oxygen atoms in total. The van der Waals surface area contributed by atoms with Gasteiger partial charge < -0.3 is 0 Å². The van der Waals surface area contributed by atoms with Crippen LogP contribution in [-0.4, -0.2) is 15.8 Å². The molecule has 22 heavy (non-hydrogen) atoms. The molecule has 0 aliphatic carbocycles. The van der Waals surface area contributed by atoms with E-state index in [-0.39, 0.29) is 22.6 Å². The zero-order valence-electron chi connectivity index (χ0n) is 11.1. The van der Waals surface area contributed by atoms with Gasteiger partial charge in [0.25, 0.3) is 17.3 Å².